The van der Waals surface area contributed by atoms with Gasteiger partial charge >= 0.3 is 0 Å². The Bertz CT molecular complexity index is 210. The third-order valence-electron chi connectivity index (χ3n) is 3.09. The Hall–Kier alpha value is -0.300. The normalized spacial score (nSPS) is 35.6. The smallest absolute Gasteiger partial charge is 0.0372 e. The highest BCUT2D eigenvalue weighted by Crippen LogP contribution is 2.38. The molecule has 0 amide bonds. The van der Waals surface area contributed by atoms with Crippen molar-refractivity contribution in [3.05, 3.63) is 12.2 Å². The third-order valence-corrected chi connectivity index (χ3v) is 3.28. The lowest BCUT2D eigenvalue weighted by molar-refractivity contribution is 0.292. The number of rotatable bonds is 2. The van der Waals surface area contributed by atoms with E-state index in [0.29, 0.717) is 11.8 Å². The molecule has 12 heavy (non-hydrogen) atoms. The molecule has 0 heterocycles. The van der Waals surface area contributed by atoms with E-state index in [1.54, 1.807) is 0 Å². The van der Waals surface area contributed by atoms with Crippen LogP contribution in [0.4, 0.5) is 0 Å². The highest BCUT2D eigenvalue weighted by atomic mass is 35.5. The van der Waals surface area contributed by atoms with E-state index in [1.165, 1.54) is 0 Å². The molecule has 1 rings (SSSR count). The average molecular weight is 186 g/mol. The summed E-state index contributed by atoms with van der Waals surface area (Å²) in [5.74, 6) is 1.20. The third kappa shape index (κ3) is 1.56. The van der Waals surface area contributed by atoms with Crippen LogP contribution in [0, 0.1) is 16.7 Å². The van der Waals surface area contributed by atoms with E-state index in [0.717, 1.165) is 18.6 Å². The number of hydrogen-bond acceptors (Lipinski definition) is 1. The van der Waals surface area contributed by atoms with Crippen molar-refractivity contribution in [3.63, 3.8) is 0 Å². The maximum Gasteiger partial charge on any atom is 0.0372 e. The molecule has 2 atom stereocenters. The molecule has 0 aromatic carbocycles. The van der Waals surface area contributed by atoms with Crippen LogP contribution in [0.1, 0.15) is 26.7 Å². The molecule has 0 spiro atoms. The zero-order chi connectivity index (χ0) is 9.19. The van der Waals surface area contributed by atoms with Crippen LogP contribution in [0.5, 0.6) is 0 Å². The first kappa shape index (κ1) is 9.79. The first-order valence-corrected chi connectivity index (χ1v) is 4.96. The van der Waals surface area contributed by atoms with Gasteiger partial charge in [-0.15, -0.1) is 11.6 Å². The second-order valence-electron chi connectivity index (χ2n) is 3.81. The van der Waals surface area contributed by atoms with Crippen LogP contribution < -0.4 is 0 Å². The highest BCUT2D eigenvalue weighted by Gasteiger charge is 2.35. The molecule has 68 valence electrons. The molecule has 1 nitrogen and oxygen atoms in total. The zero-order valence-corrected chi connectivity index (χ0v) is 8.49. The number of hydrogen-bond donors (Lipinski definition) is 1. The summed E-state index contributed by atoms with van der Waals surface area (Å²) in [4.78, 5) is 0. The van der Waals surface area contributed by atoms with E-state index >= 15 is 0 Å². The lowest BCUT2D eigenvalue weighted by Gasteiger charge is -2.37. The quantitative estimate of drug-likeness (QED) is 0.639. The van der Waals surface area contributed by atoms with Crippen molar-refractivity contribution < 1.29 is 0 Å². The Morgan fingerprint density at radius 3 is 2.92 bits per heavy atom. The molecule has 0 unspecified atom stereocenters. The summed E-state index contributed by atoms with van der Waals surface area (Å²) in [5, 5.41) is 7.83. The molecule has 0 aromatic rings. The van der Waals surface area contributed by atoms with Crippen molar-refractivity contribution in [1.29, 1.82) is 5.41 Å². The van der Waals surface area contributed by atoms with Crippen molar-refractivity contribution >= 4 is 17.3 Å². The summed E-state index contributed by atoms with van der Waals surface area (Å²) in [6.07, 6.45) is 6.00. The van der Waals surface area contributed by atoms with E-state index in [1.807, 2.05) is 6.08 Å². The number of alkyl halides is 1. The fourth-order valence-corrected chi connectivity index (χ4v) is 2.08. The summed E-state index contributed by atoms with van der Waals surface area (Å²) in [7, 11) is 0. The van der Waals surface area contributed by atoms with Gasteiger partial charge in [0.2, 0.25) is 0 Å². The minimum atomic E-state index is 0.0104. The summed E-state index contributed by atoms with van der Waals surface area (Å²) >= 11 is 5.73. The fourth-order valence-electron chi connectivity index (χ4n) is 1.68. The Labute approximate surface area is 79.3 Å². The van der Waals surface area contributed by atoms with Crippen LogP contribution in [0.3, 0.4) is 0 Å². The van der Waals surface area contributed by atoms with Crippen LogP contribution in [0.25, 0.3) is 0 Å². The molecule has 0 fully saturated rings. The van der Waals surface area contributed by atoms with Gasteiger partial charge in [-0.2, -0.15) is 0 Å². The zero-order valence-electron chi connectivity index (χ0n) is 7.73. The predicted octanol–water partition coefficient (Wildman–Crippen LogP) is 3.24. The highest BCUT2D eigenvalue weighted by molar-refractivity contribution is 6.18. The largest absolute Gasteiger partial charge is 0.305 e. The maximum atomic E-state index is 7.83. The number of halogens is 1. The van der Waals surface area contributed by atoms with E-state index in [9.17, 15) is 0 Å². The van der Waals surface area contributed by atoms with Crippen LogP contribution in [0.15, 0.2) is 12.2 Å². The molecule has 0 radical (unpaired) electrons. The molecule has 0 aliphatic heterocycles. The minimum Gasteiger partial charge on any atom is -0.305 e. The van der Waals surface area contributed by atoms with E-state index in [4.69, 9.17) is 17.0 Å². The first-order chi connectivity index (χ1) is 5.61. The van der Waals surface area contributed by atoms with Crippen LogP contribution in [0.2, 0.25) is 0 Å². The lowest BCUT2D eigenvalue weighted by Crippen LogP contribution is -2.35. The topological polar surface area (TPSA) is 23.9 Å². The maximum absolute atomic E-state index is 7.83. The van der Waals surface area contributed by atoms with Gasteiger partial charge in [-0.05, 0) is 24.8 Å². The van der Waals surface area contributed by atoms with Gasteiger partial charge in [0.1, 0.15) is 0 Å². The van der Waals surface area contributed by atoms with E-state index in [-0.39, 0.29) is 5.41 Å². The Balaban J connectivity index is 2.83. The Kier molecular flexibility index (Phi) is 2.94. The second kappa shape index (κ2) is 3.61. The molecule has 0 saturated carbocycles. The van der Waals surface area contributed by atoms with Crippen molar-refractivity contribution in [2.75, 3.05) is 5.88 Å². The SMILES string of the molecule is C[C@@H]1CC=CC(=N)[C@]1(C)CCCl. The molecular weight excluding hydrogens is 170 g/mol. The lowest BCUT2D eigenvalue weighted by atomic mass is 9.68. The van der Waals surface area contributed by atoms with Gasteiger partial charge in [-0.3, -0.25) is 0 Å². The minimum absolute atomic E-state index is 0.0104. The van der Waals surface area contributed by atoms with Crippen molar-refractivity contribution in [2.45, 2.75) is 26.7 Å². The molecular formula is C10H16ClN. The Morgan fingerprint density at radius 1 is 1.75 bits per heavy atom. The van der Waals surface area contributed by atoms with Gasteiger partial charge in [0.15, 0.2) is 0 Å². The van der Waals surface area contributed by atoms with Crippen LogP contribution in [-0.4, -0.2) is 11.6 Å². The summed E-state index contributed by atoms with van der Waals surface area (Å²) in [6.45, 7) is 4.34. The van der Waals surface area contributed by atoms with E-state index < -0.39 is 0 Å². The first-order valence-electron chi connectivity index (χ1n) is 4.43. The molecule has 1 aliphatic carbocycles. The molecule has 0 aromatic heterocycles. The average Bonchev–Trinajstić information content (AvgIpc) is 2.02. The number of allylic oxidation sites excluding steroid dienone is 2. The van der Waals surface area contributed by atoms with Crippen LogP contribution in [-0.2, 0) is 0 Å². The van der Waals surface area contributed by atoms with Crippen LogP contribution >= 0.6 is 11.6 Å². The molecule has 1 N–H and O–H groups in total. The monoisotopic (exact) mass is 185 g/mol. The fraction of sp³-hybridized carbons (Fsp3) is 0.700. The van der Waals surface area contributed by atoms with Gasteiger partial charge in [0.05, 0.1) is 0 Å². The molecule has 0 bridgehead atoms. The predicted molar refractivity (Wildman–Crippen MR) is 54.1 cm³/mol. The Morgan fingerprint density at radius 2 is 2.42 bits per heavy atom. The standard InChI is InChI=1S/C10H16ClN/c1-8-4-3-5-9(12)10(8,2)6-7-11/h3,5,8,12H,4,6-7H2,1-2H3/t8-,10-/m1/s1. The van der Waals surface area contributed by atoms with Gasteiger partial charge in [0.25, 0.3) is 0 Å². The van der Waals surface area contributed by atoms with Crippen molar-refractivity contribution in [1.82, 2.24) is 0 Å². The van der Waals surface area contributed by atoms with E-state index in [2.05, 4.69) is 19.9 Å². The summed E-state index contributed by atoms with van der Waals surface area (Å²) in [5.41, 5.74) is 0.748. The second-order valence-corrected chi connectivity index (χ2v) is 4.19. The van der Waals surface area contributed by atoms with Crippen molar-refractivity contribution in [3.8, 4) is 0 Å². The van der Waals surface area contributed by atoms with Gasteiger partial charge in [0, 0.05) is 17.0 Å². The molecule has 1 aliphatic rings. The summed E-state index contributed by atoms with van der Waals surface area (Å²) in [6, 6.07) is 0. The van der Waals surface area contributed by atoms with Gasteiger partial charge < -0.3 is 5.41 Å². The van der Waals surface area contributed by atoms with Crippen molar-refractivity contribution in [2.24, 2.45) is 11.3 Å². The van der Waals surface area contributed by atoms with Gasteiger partial charge in [-0.25, -0.2) is 0 Å². The number of nitrogens with one attached hydrogen (secondary N) is 1. The summed E-state index contributed by atoms with van der Waals surface area (Å²) < 4.78 is 0. The molecule has 2 heteroatoms. The molecule has 0 saturated heterocycles. The van der Waals surface area contributed by atoms with Gasteiger partial charge in [-0.1, -0.05) is 19.9 Å².